The number of fused-ring (bicyclic) bond motifs is 1. The van der Waals surface area contributed by atoms with Crippen LogP contribution in [0.2, 0.25) is 0 Å². The monoisotopic (exact) mass is 306 g/mol. The van der Waals surface area contributed by atoms with Gasteiger partial charge in [-0.1, -0.05) is 12.1 Å². The molecule has 1 amide bonds. The second-order valence-electron chi connectivity index (χ2n) is 5.54. The number of rotatable bonds is 2. The first-order valence-electron chi connectivity index (χ1n) is 6.74. The van der Waals surface area contributed by atoms with Crippen molar-refractivity contribution in [3.05, 3.63) is 59.4 Å². The molecule has 1 N–H and O–H groups in total. The number of aromatic nitrogens is 1. The molecule has 0 radical (unpaired) electrons. The van der Waals surface area contributed by atoms with Gasteiger partial charge in [0.25, 0.3) is 0 Å². The summed E-state index contributed by atoms with van der Waals surface area (Å²) in [6, 6.07) is 8.74. The summed E-state index contributed by atoms with van der Waals surface area (Å²) in [7, 11) is 0. The number of hydrogen-bond acceptors (Lipinski definition) is 2. The molecule has 1 aliphatic rings. The summed E-state index contributed by atoms with van der Waals surface area (Å²) in [4.78, 5) is 16.5. The van der Waals surface area contributed by atoms with Crippen LogP contribution in [0.5, 0.6) is 0 Å². The Morgan fingerprint density at radius 2 is 2.00 bits per heavy atom. The van der Waals surface area contributed by atoms with Gasteiger partial charge in [-0.2, -0.15) is 13.2 Å². The molecule has 6 heteroatoms. The van der Waals surface area contributed by atoms with Gasteiger partial charge >= 0.3 is 6.18 Å². The van der Waals surface area contributed by atoms with Gasteiger partial charge in [0.15, 0.2) is 0 Å². The van der Waals surface area contributed by atoms with Crippen molar-refractivity contribution < 1.29 is 18.0 Å². The molecule has 3 nitrogen and oxygen atoms in total. The predicted molar refractivity (Wildman–Crippen MR) is 75.4 cm³/mol. The zero-order valence-corrected chi connectivity index (χ0v) is 11.7. The van der Waals surface area contributed by atoms with Crippen LogP contribution in [-0.4, -0.2) is 10.9 Å². The van der Waals surface area contributed by atoms with Gasteiger partial charge in [0, 0.05) is 24.0 Å². The molecule has 0 bridgehead atoms. The van der Waals surface area contributed by atoms with Crippen LogP contribution in [0, 0.1) is 0 Å². The van der Waals surface area contributed by atoms with Crippen molar-refractivity contribution in [2.24, 2.45) is 0 Å². The van der Waals surface area contributed by atoms with Crippen LogP contribution in [0.1, 0.15) is 23.7 Å². The van der Waals surface area contributed by atoms with Crippen LogP contribution in [0.15, 0.2) is 42.6 Å². The van der Waals surface area contributed by atoms with Crippen molar-refractivity contribution in [3.8, 4) is 0 Å². The fourth-order valence-corrected chi connectivity index (χ4v) is 2.73. The normalized spacial score (nSPS) is 20.6. The second kappa shape index (κ2) is 4.83. The third-order valence-electron chi connectivity index (χ3n) is 3.95. The second-order valence-corrected chi connectivity index (χ2v) is 5.54. The van der Waals surface area contributed by atoms with E-state index in [1.807, 2.05) is 6.07 Å². The predicted octanol–water partition coefficient (Wildman–Crippen LogP) is 3.55. The third kappa shape index (κ3) is 2.34. The molecule has 1 atom stereocenters. The number of halogens is 3. The van der Waals surface area contributed by atoms with Crippen molar-refractivity contribution >= 4 is 11.6 Å². The Morgan fingerprint density at radius 3 is 2.64 bits per heavy atom. The third-order valence-corrected chi connectivity index (χ3v) is 3.95. The van der Waals surface area contributed by atoms with Gasteiger partial charge in [-0.25, -0.2) is 0 Å². The summed E-state index contributed by atoms with van der Waals surface area (Å²) in [5.74, 6) is -0.313. The van der Waals surface area contributed by atoms with Crippen molar-refractivity contribution in [1.82, 2.24) is 4.98 Å². The number of carbonyl (C=O) groups is 1. The van der Waals surface area contributed by atoms with Gasteiger partial charge in [-0.3, -0.25) is 9.78 Å². The van der Waals surface area contributed by atoms with Crippen LogP contribution in [-0.2, 0) is 22.8 Å². The molecule has 0 saturated carbocycles. The summed E-state index contributed by atoms with van der Waals surface area (Å²) in [5.41, 5.74) is -0.190. The molecule has 2 aromatic rings. The summed E-state index contributed by atoms with van der Waals surface area (Å²) >= 11 is 0. The van der Waals surface area contributed by atoms with E-state index in [1.54, 1.807) is 25.3 Å². The largest absolute Gasteiger partial charge is 0.416 e. The molecule has 0 fully saturated rings. The molecular formula is C16H13F3N2O. The van der Waals surface area contributed by atoms with Crippen molar-refractivity contribution in [1.29, 1.82) is 0 Å². The molecule has 22 heavy (non-hydrogen) atoms. The molecular weight excluding hydrogens is 293 g/mol. The molecule has 1 aliphatic heterocycles. The van der Waals surface area contributed by atoms with Crippen molar-refractivity contribution in [3.63, 3.8) is 0 Å². The van der Waals surface area contributed by atoms with Crippen molar-refractivity contribution in [2.75, 3.05) is 5.32 Å². The highest BCUT2D eigenvalue weighted by molar-refractivity contribution is 6.06. The lowest BCUT2D eigenvalue weighted by molar-refractivity contribution is -0.137. The van der Waals surface area contributed by atoms with Crippen LogP contribution >= 0.6 is 0 Å². The zero-order chi connectivity index (χ0) is 16.0. The standard InChI is InChI=1S/C16H13F3N2O/c1-15(9-11-4-2-3-7-20-11)12-6-5-10(16(17,18)19)8-13(12)21-14(15)22/h2-8H,9H2,1H3,(H,21,22). The Labute approximate surface area is 125 Å². The van der Waals surface area contributed by atoms with Crippen molar-refractivity contribution in [2.45, 2.75) is 24.9 Å². The summed E-state index contributed by atoms with van der Waals surface area (Å²) in [5, 5.41) is 2.55. The number of amides is 1. The topological polar surface area (TPSA) is 42.0 Å². The number of hydrogen-bond donors (Lipinski definition) is 1. The Morgan fingerprint density at radius 1 is 1.23 bits per heavy atom. The number of anilines is 1. The van der Waals surface area contributed by atoms with Gasteiger partial charge in [-0.15, -0.1) is 0 Å². The summed E-state index contributed by atoms with van der Waals surface area (Å²) in [6.07, 6.45) is -2.48. The fraction of sp³-hybridized carbons (Fsp3) is 0.250. The molecule has 3 rings (SSSR count). The number of nitrogens with zero attached hydrogens (tertiary/aromatic N) is 1. The van der Waals surface area contributed by atoms with Gasteiger partial charge in [0.2, 0.25) is 5.91 Å². The average molecular weight is 306 g/mol. The number of nitrogens with one attached hydrogen (secondary N) is 1. The Balaban J connectivity index is 2.01. The van der Waals surface area contributed by atoms with E-state index in [0.717, 1.165) is 12.1 Å². The lowest BCUT2D eigenvalue weighted by Crippen LogP contribution is -2.33. The smallest absolute Gasteiger partial charge is 0.325 e. The van der Waals surface area contributed by atoms with E-state index in [1.165, 1.54) is 6.07 Å². The molecule has 1 aromatic heterocycles. The van der Waals surface area contributed by atoms with Gasteiger partial charge in [0.1, 0.15) is 0 Å². The maximum atomic E-state index is 12.8. The zero-order valence-electron chi connectivity index (χ0n) is 11.7. The van der Waals surface area contributed by atoms with E-state index in [4.69, 9.17) is 0 Å². The van der Waals surface area contributed by atoms with Gasteiger partial charge in [0.05, 0.1) is 11.0 Å². The van der Waals surface area contributed by atoms with Crippen LogP contribution in [0.4, 0.5) is 18.9 Å². The Kier molecular flexibility index (Phi) is 3.20. The van der Waals surface area contributed by atoms with E-state index < -0.39 is 17.2 Å². The first-order valence-corrected chi connectivity index (χ1v) is 6.74. The highest BCUT2D eigenvalue weighted by Crippen LogP contribution is 2.42. The Bertz CT molecular complexity index is 728. The van der Waals surface area contributed by atoms with Gasteiger partial charge in [-0.05, 0) is 36.8 Å². The van der Waals surface area contributed by atoms with Crippen LogP contribution in [0.25, 0.3) is 0 Å². The highest BCUT2D eigenvalue weighted by atomic mass is 19.4. The molecule has 0 saturated heterocycles. The molecule has 1 unspecified atom stereocenters. The van der Waals surface area contributed by atoms with E-state index in [2.05, 4.69) is 10.3 Å². The fourth-order valence-electron chi connectivity index (χ4n) is 2.73. The Hall–Kier alpha value is -2.37. The lowest BCUT2D eigenvalue weighted by Gasteiger charge is -2.22. The minimum absolute atomic E-state index is 0.221. The van der Waals surface area contributed by atoms with Crippen LogP contribution < -0.4 is 5.32 Å². The maximum absolute atomic E-state index is 12.8. The molecule has 2 heterocycles. The lowest BCUT2D eigenvalue weighted by atomic mass is 9.79. The average Bonchev–Trinajstić information content (AvgIpc) is 2.70. The summed E-state index contributed by atoms with van der Waals surface area (Å²) in [6.45, 7) is 1.72. The molecule has 0 spiro atoms. The number of benzene rings is 1. The first-order chi connectivity index (χ1) is 10.3. The SMILES string of the molecule is CC1(Cc2ccccn2)C(=O)Nc2cc(C(F)(F)F)ccc21. The first kappa shape index (κ1) is 14.6. The van der Waals surface area contributed by atoms with E-state index in [-0.39, 0.29) is 11.6 Å². The highest BCUT2D eigenvalue weighted by Gasteiger charge is 2.44. The van der Waals surface area contributed by atoms with Gasteiger partial charge < -0.3 is 5.32 Å². The maximum Gasteiger partial charge on any atom is 0.416 e. The molecule has 1 aromatic carbocycles. The summed E-state index contributed by atoms with van der Waals surface area (Å²) < 4.78 is 38.3. The minimum Gasteiger partial charge on any atom is -0.325 e. The van der Waals surface area contributed by atoms with E-state index in [9.17, 15) is 18.0 Å². The molecule has 0 aliphatic carbocycles. The minimum atomic E-state index is -4.43. The van der Waals surface area contributed by atoms with E-state index >= 15 is 0 Å². The quantitative estimate of drug-likeness (QED) is 0.922. The van der Waals surface area contributed by atoms with E-state index in [0.29, 0.717) is 17.7 Å². The number of pyridine rings is 1. The van der Waals surface area contributed by atoms with Crippen LogP contribution in [0.3, 0.4) is 0 Å². The molecule has 114 valence electrons. The number of carbonyl (C=O) groups excluding carboxylic acids is 1. The number of alkyl halides is 3.